The first-order valence-corrected chi connectivity index (χ1v) is 16.0. The van der Waals surface area contributed by atoms with E-state index >= 15 is 0 Å². The number of carbonyl (C=O) groups excluding carboxylic acids is 2. The molecule has 0 bridgehead atoms. The zero-order chi connectivity index (χ0) is 33.3. The van der Waals surface area contributed by atoms with E-state index in [2.05, 4.69) is 43.1 Å². The second-order valence-corrected chi connectivity index (χ2v) is 11.0. The average molecular weight is 645 g/mol. The van der Waals surface area contributed by atoms with Crippen LogP contribution >= 0.6 is 11.6 Å². The van der Waals surface area contributed by atoms with Crippen LogP contribution in [0, 0.1) is 22.0 Å². The molecule has 9 nitrogen and oxygen atoms in total. The van der Waals surface area contributed by atoms with Crippen LogP contribution in [0.25, 0.3) is 0 Å². The number of carbonyl (C=O) groups is 2. The second-order valence-electron chi connectivity index (χ2n) is 10.5. The van der Waals surface area contributed by atoms with Gasteiger partial charge in [0.1, 0.15) is 25.5 Å². The Hall–Kier alpha value is -3.85. The van der Waals surface area contributed by atoms with Crippen LogP contribution in [0.5, 0.6) is 5.75 Å². The number of hydrogen-bond donors (Lipinski definition) is 1. The van der Waals surface area contributed by atoms with Crippen molar-refractivity contribution < 1.29 is 29.0 Å². The highest BCUT2D eigenvalue weighted by Gasteiger charge is 2.11. The molecule has 0 heterocycles. The van der Waals surface area contributed by atoms with Gasteiger partial charge in [-0.2, -0.15) is 0 Å². The van der Waals surface area contributed by atoms with Crippen LogP contribution in [0.2, 0.25) is 5.02 Å². The molecule has 2 unspecified atom stereocenters. The van der Waals surface area contributed by atoms with E-state index in [1.165, 1.54) is 19.3 Å². The molecule has 45 heavy (non-hydrogen) atoms. The van der Waals surface area contributed by atoms with Gasteiger partial charge in [0.25, 0.3) is 5.09 Å². The second kappa shape index (κ2) is 24.5. The molecule has 0 saturated carbocycles. The first kappa shape index (κ1) is 39.2. The first-order chi connectivity index (χ1) is 21.7. The summed E-state index contributed by atoms with van der Waals surface area (Å²) in [4.78, 5) is 37.8. The highest BCUT2D eigenvalue weighted by Crippen LogP contribution is 2.22. The summed E-state index contributed by atoms with van der Waals surface area (Å²) in [6.07, 6.45) is 15.1. The number of unbranched alkanes of at least 4 members (excludes halogenated alkanes) is 1. The highest BCUT2D eigenvalue weighted by atomic mass is 35.5. The molecular formula is C35H49ClN2O7. The number of nitrogens with zero attached hydrogens (tertiary/aromatic N) is 1. The predicted molar refractivity (Wildman–Crippen MR) is 178 cm³/mol. The Kier molecular flexibility index (Phi) is 21.3. The predicted octanol–water partition coefficient (Wildman–Crippen LogP) is 8.43. The van der Waals surface area contributed by atoms with Gasteiger partial charge in [-0.3, -0.25) is 9.59 Å². The minimum atomic E-state index is -0.880. The Morgan fingerprint density at radius 2 is 1.78 bits per heavy atom. The van der Waals surface area contributed by atoms with E-state index in [0.29, 0.717) is 30.1 Å². The minimum absolute atomic E-state index is 0.0484. The number of rotatable bonds is 20. The lowest BCUT2D eigenvalue weighted by Gasteiger charge is -2.18. The molecule has 0 saturated heterocycles. The summed E-state index contributed by atoms with van der Waals surface area (Å²) < 4.78 is 10.8. The third kappa shape index (κ3) is 19.2. The van der Waals surface area contributed by atoms with Gasteiger partial charge in [-0.05, 0) is 73.8 Å². The van der Waals surface area contributed by atoms with Crippen molar-refractivity contribution >= 4 is 23.5 Å². The molecule has 0 aliphatic rings. The van der Waals surface area contributed by atoms with E-state index in [1.54, 1.807) is 24.3 Å². The molecule has 0 aliphatic carbocycles. The van der Waals surface area contributed by atoms with Crippen LogP contribution in [0.3, 0.4) is 0 Å². The number of amides is 1. The molecule has 0 aliphatic heterocycles. The number of hydrogen-bond acceptors (Lipinski definition) is 7. The van der Waals surface area contributed by atoms with E-state index < -0.39 is 11.1 Å². The zero-order valence-electron chi connectivity index (χ0n) is 27.0. The van der Waals surface area contributed by atoms with E-state index in [-0.39, 0.29) is 25.7 Å². The number of nitrogens with one attached hydrogen (secondary N) is 1. The molecule has 2 aromatic carbocycles. The number of allylic oxidation sites excluding steroid dienone is 3. The summed E-state index contributed by atoms with van der Waals surface area (Å²) in [5, 5.41) is 12.6. The smallest absolute Gasteiger partial charge is 0.325 e. The molecular weight excluding hydrogens is 596 g/mol. The molecule has 1 amide bonds. The van der Waals surface area contributed by atoms with Gasteiger partial charge in [-0.15, -0.1) is 10.1 Å². The molecule has 10 heteroatoms. The van der Waals surface area contributed by atoms with Crippen molar-refractivity contribution in [2.75, 3.05) is 13.2 Å². The van der Waals surface area contributed by atoms with Crippen molar-refractivity contribution in [1.29, 1.82) is 0 Å². The Morgan fingerprint density at radius 3 is 2.42 bits per heavy atom. The fourth-order valence-electron chi connectivity index (χ4n) is 4.45. The van der Waals surface area contributed by atoms with Gasteiger partial charge in [0.2, 0.25) is 5.91 Å². The Morgan fingerprint density at radius 1 is 1.04 bits per heavy atom. The van der Waals surface area contributed by atoms with Gasteiger partial charge in [-0.1, -0.05) is 99.8 Å². The SMILES string of the molecule is C/C=C\CCCC(=O)NCC(=O)OCc1ccccc1CO[N+](=O)[O-].CCCC(C)C(/C=C/CCOc1cccc(Cl)c1)CC. The first-order valence-electron chi connectivity index (χ1n) is 15.6. The number of halogens is 1. The van der Waals surface area contributed by atoms with Crippen molar-refractivity contribution in [1.82, 2.24) is 5.32 Å². The lowest BCUT2D eigenvalue weighted by atomic mass is 9.88. The van der Waals surface area contributed by atoms with Gasteiger partial charge in [0.05, 0.1) is 6.61 Å². The molecule has 0 radical (unpaired) electrons. The van der Waals surface area contributed by atoms with Gasteiger partial charge >= 0.3 is 5.97 Å². The maximum atomic E-state index is 11.7. The van der Waals surface area contributed by atoms with Crippen LogP contribution in [-0.2, 0) is 32.4 Å². The summed E-state index contributed by atoms with van der Waals surface area (Å²) in [6, 6.07) is 14.3. The van der Waals surface area contributed by atoms with Gasteiger partial charge < -0.3 is 19.6 Å². The van der Waals surface area contributed by atoms with E-state index in [1.807, 2.05) is 43.3 Å². The molecule has 0 spiro atoms. The molecule has 1 N–H and O–H groups in total. The van der Waals surface area contributed by atoms with Crippen LogP contribution in [0.1, 0.15) is 83.8 Å². The number of benzene rings is 2. The normalized spacial score (nSPS) is 12.2. The van der Waals surface area contributed by atoms with Crippen molar-refractivity contribution in [2.24, 2.45) is 11.8 Å². The van der Waals surface area contributed by atoms with Crippen LogP contribution < -0.4 is 10.1 Å². The molecule has 0 fully saturated rings. The summed E-state index contributed by atoms with van der Waals surface area (Å²) in [5.41, 5.74) is 1.16. The standard InChI is InChI=1S/C18H27ClO.C17H22N2O6/c1-4-9-15(3)16(5-2)10-6-7-13-20-18-12-8-11-17(19)14-18;1-2-3-4-5-10-16(20)18-11-17(21)24-12-14-8-6-7-9-15(14)13-25-19(22)23/h6,8,10-12,14-16H,4-5,7,9,13H2,1-3H3;2-3,6-9H,4-5,10-13H2,1H3,(H,18,20)/b10-6+;3-2-. The topological polar surface area (TPSA) is 117 Å². The summed E-state index contributed by atoms with van der Waals surface area (Å²) in [7, 11) is 0. The minimum Gasteiger partial charge on any atom is -0.493 e. The van der Waals surface area contributed by atoms with Crippen molar-refractivity contribution in [2.45, 2.75) is 85.9 Å². The maximum absolute atomic E-state index is 11.7. The van der Waals surface area contributed by atoms with E-state index in [9.17, 15) is 19.7 Å². The lowest BCUT2D eigenvalue weighted by molar-refractivity contribution is -0.763. The fourth-order valence-corrected chi connectivity index (χ4v) is 4.63. The Labute approximate surface area is 273 Å². The molecule has 248 valence electrons. The highest BCUT2D eigenvalue weighted by molar-refractivity contribution is 6.30. The van der Waals surface area contributed by atoms with Gasteiger partial charge in [0.15, 0.2) is 0 Å². The van der Waals surface area contributed by atoms with E-state index in [0.717, 1.165) is 36.0 Å². The fraction of sp³-hybridized carbons (Fsp3) is 0.486. The molecule has 2 aromatic rings. The average Bonchev–Trinajstić information content (AvgIpc) is 3.02. The largest absolute Gasteiger partial charge is 0.493 e. The van der Waals surface area contributed by atoms with Crippen molar-refractivity contribution in [3.63, 3.8) is 0 Å². The Bertz CT molecular complexity index is 1200. The molecule has 2 rings (SSSR count). The third-order valence-corrected chi connectivity index (χ3v) is 7.19. The lowest BCUT2D eigenvalue weighted by Crippen LogP contribution is -2.30. The van der Waals surface area contributed by atoms with Gasteiger partial charge in [0, 0.05) is 11.4 Å². The van der Waals surface area contributed by atoms with Crippen LogP contribution in [0.4, 0.5) is 0 Å². The quantitative estimate of drug-likeness (QED) is 0.0505. The molecule has 0 aromatic heterocycles. The molecule has 2 atom stereocenters. The van der Waals surface area contributed by atoms with Crippen molar-refractivity contribution in [3.05, 3.63) is 99.1 Å². The van der Waals surface area contributed by atoms with Gasteiger partial charge in [-0.25, -0.2) is 0 Å². The number of esters is 1. The summed E-state index contributed by atoms with van der Waals surface area (Å²) in [5.74, 6) is 1.53. The zero-order valence-corrected chi connectivity index (χ0v) is 27.8. The van der Waals surface area contributed by atoms with E-state index in [4.69, 9.17) is 21.1 Å². The van der Waals surface area contributed by atoms with Crippen molar-refractivity contribution in [3.8, 4) is 5.75 Å². The Balaban J connectivity index is 0.000000461. The van der Waals surface area contributed by atoms with Crippen LogP contribution in [0.15, 0.2) is 72.8 Å². The number of ether oxygens (including phenoxy) is 2. The summed E-state index contributed by atoms with van der Waals surface area (Å²) >= 11 is 5.92. The summed E-state index contributed by atoms with van der Waals surface area (Å²) in [6.45, 7) is 9.01. The van der Waals surface area contributed by atoms with Crippen LogP contribution in [-0.4, -0.2) is 30.1 Å². The monoisotopic (exact) mass is 644 g/mol. The third-order valence-electron chi connectivity index (χ3n) is 6.95. The maximum Gasteiger partial charge on any atom is 0.325 e.